The van der Waals surface area contributed by atoms with Gasteiger partial charge in [-0.1, -0.05) is 41.9 Å². The van der Waals surface area contributed by atoms with Gasteiger partial charge < -0.3 is 9.73 Å². The molecule has 0 spiro atoms. The van der Waals surface area contributed by atoms with E-state index in [1.165, 1.54) is 5.56 Å². The highest BCUT2D eigenvalue weighted by Gasteiger charge is 2.10. The third-order valence-electron chi connectivity index (χ3n) is 3.42. The van der Waals surface area contributed by atoms with Crippen LogP contribution in [0.4, 0.5) is 0 Å². The van der Waals surface area contributed by atoms with Gasteiger partial charge in [-0.05, 0) is 36.8 Å². The molecule has 0 amide bonds. The number of hydrogen-bond donors (Lipinski definition) is 1. The second kappa shape index (κ2) is 6.73. The van der Waals surface area contributed by atoms with E-state index in [2.05, 4.69) is 34.6 Å². The Morgan fingerprint density at radius 2 is 1.77 bits per heavy atom. The first-order valence-electron chi connectivity index (χ1n) is 7.09. The predicted octanol–water partition coefficient (Wildman–Crippen LogP) is 4.24. The third kappa shape index (κ3) is 3.53. The number of rotatable bonds is 5. The fraction of sp³-hybridized carbons (Fsp3) is 0.176. The van der Waals surface area contributed by atoms with Gasteiger partial charge in [0, 0.05) is 16.6 Å². The number of hydrogen-bond acceptors (Lipinski definition) is 4. The molecule has 1 unspecified atom stereocenters. The van der Waals surface area contributed by atoms with Gasteiger partial charge in [0.05, 0.1) is 6.54 Å². The lowest BCUT2D eigenvalue weighted by Gasteiger charge is -2.12. The minimum absolute atomic E-state index is 0.215. The Morgan fingerprint density at radius 3 is 2.50 bits per heavy atom. The lowest BCUT2D eigenvalue weighted by molar-refractivity contribution is 0.454. The van der Waals surface area contributed by atoms with Crippen molar-refractivity contribution in [2.24, 2.45) is 0 Å². The molecule has 3 rings (SSSR count). The molecule has 3 aromatic rings. The molecule has 1 N–H and O–H groups in total. The highest BCUT2D eigenvalue weighted by atomic mass is 35.5. The minimum Gasteiger partial charge on any atom is -0.419 e. The van der Waals surface area contributed by atoms with E-state index in [9.17, 15) is 0 Å². The Hall–Kier alpha value is -2.17. The van der Waals surface area contributed by atoms with Gasteiger partial charge in [0.15, 0.2) is 0 Å². The first-order valence-corrected chi connectivity index (χ1v) is 7.47. The fourth-order valence-corrected chi connectivity index (χ4v) is 2.26. The average molecular weight is 314 g/mol. The minimum atomic E-state index is 0.215. The van der Waals surface area contributed by atoms with Gasteiger partial charge in [0.1, 0.15) is 0 Å². The van der Waals surface area contributed by atoms with E-state index in [1.54, 1.807) is 12.1 Å². The summed E-state index contributed by atoms with van der Waals surface area (Å²) in [5.74, 6) is 1.06. The topological polar surface area (TPSA) is 51.0 Å². The van der Waals surface area contributed by atoms with Gasteiger partial charge in [0.25, 0.3) is 0 Å². The van der Waals surface area contributed by atoms with Crippen molar-refractivity contribution in [3.63, 3.8) is 0 Å². The standard InChI is InChI=1S/C17H16ClN3O/c1-12(13-5-3-2-4-6-13)19-11-16-20-21-17(22-16)14-7-9-15(18)10-8-14/h2-10,12,19H,11H2,1H3. The number of benzene rings is 2. The Bertz CT molecular complexity index is 725. The average Bonchev–Trinajstić information content (AvgIpc) is 3.03. The van der Waals surface area contributed by atoms with Crippen molar-refractivity contribution < 1.29 is 4.42 Å². The van der Waals surface area contributed by atoms with Crippen molar-refractivity contribution in [2.75, 3.05) is 0 Å². The summed E-state index contributed by atoms with van der Waals surface area (Å²) in [5.41, 5.74) is 2.08. The van der Waals surface area contributed by atoms with Crippen LogP contribution >= 0.6 is 11.6 Å². The van der Waals surface area contributed by atoms with Crippen LogP contribution in [-0.2, 0) is 6.54 Å². The SMILES string of the molecule is CC(NCc1nnc(-c2ccc(Cl)cc2)o1)c1ccccc1. The smallest absolute Gasteiger partial charge is 0.247 e. The second-order valence-electron chi connectivity index (χ2n) is 5.02. The normalized spacial score (nSPS) is 12.3. The molecule has 0 radical (unpaired) electrons. The van der Waals surface area contributed by atoms with Crippen LogP contribution < -0.4 is 5.32 Å². The zero-order chi connectivity index (χ0) is 15.4. The molecule has 0 fully saturated rings. The van der Waals surface area contributed by atoms with Gasteiger partial charge in [-0.15, -0.1) is 10.2 Å². The van der Waals surface area contributed by atoms with Crippen molar-refractivity contribution in [1.29, 1.82) is 0 Å². The molecule has 22 heavy (non-hydrogen) atoms. The van der Waals surface area contributed by atoms with Crippen LogP contribution in [0.15, 0.2) is 59.0 Å². The Morgan fingerprint density at radius 1 is 1.05 bits per heavy atom. The van der Waals surface area contributed by atoms with Crippen molar-refractivity contribution >= 4 is 11.6 Å². The third-order valence-corrected chi connectivity index (χ3v) is 3.67. The van der Waals surface area contributed by atoms with Crippen molar-refractivity contribution in [2.45, 2.75) is 19.5 Å². The molecule has 0 aliphatic heterocycles. The summed E-state index contributed by atoms with van der Waals surface area (Å²) in [4.78, 5) is 0. The summed E-state index contributed by atoms with van der Waals surface area (Å²) < 4.78 is 5.67. The molecule has 112 valence electrons. The maximum Gasteiger partial charge on any atom is 0.247 e. The lowest BCUT2D eigenvalue weighted by atomic mass is 10.1. The van der Waals surface area contributed by atoms with Crippen molar-refractivity contribution in [1.82, 2.24) is 15.5 Å². The van der Waals surface area contributed by atoms with E-state index in [0.29, 0.717) is 23.3 Å². The molecular formula is C17H16ClN3O. The van der Waals surface area contributed by atoms with E-state index >= 15 is 0 Å². The Kier molecular flexibility index (Phi) is 4.51. The quantitative estimate of drug-likeness (QED) is 0.765. The van der Waals surface area contributed by atoms with Gasteiger partial charge in [-0.3, -0.25) is 0 Å². The molecule has 0 saturated heterocycles. The van der Waals surface area contributed by atoms with Gasteiger partial charge >= 0.3 is 0 Å². The van der Waals surface area contributed by atoms with Gasteiger partial charge in [-0.25, -0.2) is 0 Å². The summed E-state index contributed by atoms with van der Waals surface area (Å²) in [6, 6.07) is 17.8. The zero-order valence-corrected chi connectivity index (χ0v) is 12.9. The molecule has 5 heteroatoms. The summed E-state index contributed by atoms with van der Waals surface area (Å²) in [6.45, 7) is 2.63. The summed E-state index contributed by atoms with van der Waals surface area (Å²) in [6.07, 6.45) is 0. The summed E-state index contributed by atoms with van der Waals surface area (Å²) >= 11 is 5.87. The van der Waals surface area contributed by atoms with Gasteiger partial charge in [0.2, 0.25) is 11.8 Å². The van der Waals surface area contributed by atoms with Crippen LogP contribution in [0.3, 0.4) is 0 Å². The van der Waals surface area contributed by atoms with E-state index in [1.807, 2.05) is 30.3 Å². The van der Waals surface area contributed by atoms with Crippen LogP contribution in [0.1, 0.15) is 24.4 Å². The number of nitrogens with zero attached hydrogens (tertiary/aromatic N) is 2. The zero-order valence-electron chi connectivity index (χ0n) is 12.2. The molecule has 4 nitrogen and oxygen atoms in total. The lowest BCUT2D eigenvalue weighted by Crippen LogP contribution is -2.18. The van der Waals surface area contributed by atoms with Crippen LogP contribution in [0.2, 0.25) is 5.02 Å². The van der Waals surface area contributed by atoms with Crippen LogP contribution in [0, 0.1) is 0 Å². The monoisotopic (exact) mass is 313 g/mol. The highest BCUT2D eigenvalue weighted by molar-refractivity contribution is 6.30. The second-order valence-corrected chi connectivity index (χ2v) is 5.46. The van der Waals surface area contributed by atoms with E-state index < -0.39 is 0 Å². The largest absolute Gasteiger partial charge is 0.419 e. The summed E-state index contributed by atoms with van der Waals surface area (Å²) in [5, 5.41) is 12.2. The maximum absolute atomic E-state index is 5.87. The fourth-order valence-electron chi connectivity index (χ4n) is 2.13. The molecular weight excluding hydrogens is 298 g/mol. The van der Waals surface area contributed by atoms with E-state index in [4.69, 9.17) is 16.0 Å². The molecule has 2 aromatic carbocycles. The number of aromatic nitrogens is 2. The molecule has 0 aliphatic rings. The predicted molar refractivity (Wildman–Crippen MR) is 86.4 cm³/mol. The van der Waals surface area contributed by atoms with Gasteiger partial charge in [-0.2, -0.15) is 0 Å². The number of nitrogens with one attached hydrogen (secondary N) is 1. The summed E-state index contributed by atoms with van der Waals surface area (Å²) in [7, 11) is 0. The molecule has 0 saturated carbocycles. The van der Waals surface area contributed by atoms with Crippen molar-refractivity contribution in [3.8, 4) is 11.5 Å². The van der Waals surface area contributed by atoms with Crippen LogP contribution in [0.5, 0.6) is 0 Å². The maximum atomic E-state index is 5.87. The molecule has 1 atom stereocenters. The highest BCUT2D eigenvalue weighted by Crippen LogP contribution is 2.20. The molecule has 1 heterocycles. The number of halogens is 1. The Labute approximate surface area is 134 Å². The van der Waals surface area contributed by atoms with E-state index in [-0.39, 0.29) is 6.04 Å². The van der Waals surface area contributed by atoms with Crippen LogP contribution in [0.25, 0.3) is 11.5 Å². The molecule has 1 aromatic heterocycles. The first-order chi connectivity index (χ1) is 10.7. The molecule has 0 aliphatic carbocycles. The van der Waals surface area contributed by atoms with E-state index in [0.717, 1.165) is 5.56 Å². The first kappa shape index (κ1) is 14.8. The van der Waals surface area contributed by atoms with Crippen molar-refractivity contribution in [3.05, 3.63) is 71.1 Å². The Balaban J connectivity index is 1.63. The van der Waals surface area contributed by atoms with Crippen LogP contribution in [-0.4, -0.2) is 10.2 Å². The molecule has 0 bridgehead atoms.